The third-order valence-electron chi connectivity index (χ3n) is 2.31. The van der Waals surface area contributed by atoms with Crippen molar-refractivity contribution in [1.29, 1.82) is 0 Å². The summed E-state index contributed by atoms with van der Waals surface area (Å²) in [7, 11) is 0. The van der Waals surface area contributed by atoms with Crippen LogP contribution in [0.25, 0.3) is 0 Å². The maximum atomic E-state index is 13.5. The standard InChI is InChI=1S/C13H17FN2O4/c1-13(2,3)20-12(17)15(14)8-7-10-5-4-6-11(9-10)16(18)19/h4-6,9H,7-8H2,1-3H3. The van der Waals surface area contributed by atoms with Crippen LogP contribution < -0.4 is 0 Å². The summed E-state index contributed by atoms with van der Waals surface area (Å²) in [5, 5.41) is 10.6. The summed E-state index contributed by atoms with van der Waals surface area (Å²) < 4.78 is 18.4. The Labute approximate surface area is 116 Å². The van der Waals surface area contributed by atoms with Crippen LogP contribution in [0, 0.1) is 10.1 Å². The Bertz CT molecular complexity index is 499. The molecule has 0 saturated heterocycles. The highest BCUT2D eigenvalue weighted by molar-refractivity contribution is 5.66. The van der Waals surface area contributed by atoms with Gasteiger partial charge in [0.25, 0.3) is 5.69 Å². The first-order valence-corrected chi connectivity index (χ1v) is 6.08. The summed E-state index contributed by atoms with van der Waals surface area (Å²) >= 11 is 0. The third kappa shape index (κ3) is 5.21. The van der Waals surface area contributed by atoms with E-state index in [2.05, 4.69) is 0 Å². The van der Waals surface area contributed by atoms with Gasteiger partial charge in [0.05, 0.1) is 11.5 Å². The second kappa shape index (κ2) is 6.31. The van der Waals surface area contributed by atoms with Gasteiger partial charge in [-0.05, 0) is 32.8 Å². The molecule has 0 atom stereocenters. The van der Waals surface area contributed by atoms with E-state index in [9.17, 15) is 19.4 Å². The molecule has 1 aromatic rings. The predicted octanol–water partition coefficient (Wildman–Crippen LogP) is 3.26. The van der Waals surface area contributed by atoms with E-state index in [-0.39, 0.29) is 23.8 Å². The molecule has 1 aromatic carbocycles. The molecule has 0 unspecified atom stereocenters. The van der Waals surface area contributed by atoms with Crippen molar-refractivity contribution in [2.45, 2.75) is 32.8 Å². The number of carbonyl (C=O) groups excluding carboxylic acids is 1. The molecule has 0 N–H and O–H groups in total. The summed E-state index contributed by atoms with van der Waals surface area (Å²) in [4.78, 5) is 21.5. The van der Waals surface area contributed by atoms with Crippen molar-refractivity contribution >= 4 is 11.8 Å². The Morgan fingerprint density at radius 1 is 1.45 bits per heavy atom. The zero-order valence-corrected chi connectivity index (χ0v) is 11.6. The molecule has 6 nitrogen and oxygen atoms in total. The van der Waals surface area contributed by atoms with Gasteiger partial charge in [0.2, 0.25) is 0 Å². The predicted molar refractivity (Wildman–Crippen MR) is 70.8 cm³/mol. The SMILES string of the molecule is CC(C)(C)OC(=O)N(F)CCc1cccc([N+](=O)[O-])c1. The lowest BCUT2D eigenvalue weighted by atomic mass is 10.1. The summed E-state index contributed by atoms with van der Waals surface area (Å²) in [5.41, 5.74) is -0.261. The van der Waals surface area contributed by atoms with Crippen molar-refractivity contribution in [3.05, 3.63) is 39.9 Å². The van der Waals surface area contributed by atoms with E-state index in [1.807, 2.05) is 0 Å². The van der Waals surface area contributed by atoms with Crippen LogP contribution in [0.1, 0.15) is 26.3 Å². The Kier molecular flexibility index (Phi) is 5.01. The fourth-order valence-electron chi connectivity index (χ4n) is 1.46. The van der Waals surface area contributed by atoms with Crippen molar-refractivity contribution in [2.75, 3.05) is 6.54 Å². The van der Waals surface area contributed by atoms with Crippen LogP contribution in [0.4, 0.5) is 15.0 Å². The van der Waals surface area contributed by atoms with Gasteiger partial charge in [-0.3, -0.25) is 10.1 Å². The van der Waals surface area contributed by atoms with Crippen LogP contribution in [-0.2, 0) is 11.2 Å². The number of nitro benzene ring substituents is 1. The van der Waals surface area contributed by atoms with E-state index < -0.39 is 16.6 Å². The van der Waals surface area contributed by atoms with E-state index in [1.165, 1.54) is 18.2 Å². The number of halogens is 1. The minimum atomic E-state index is -1.07. The quantitative estimate of drug-likeness (QED) is 0.483. The molecule has 20 heavy (non-hydrogen) atoms. The molecule has 0 radical (unpaired) electrons. The molecule has 110 valence electrons. The van der Waals surface area contributed by atoms with Gasteiger partial charge in [0.15, 0.2) is 0 Å². The minimum Gasteiger partial charge on any atom is -0.442 e. The fraction of sp³-hybridized carbons (Fsp3) is 0.462. The van der Waals surface area contributed by atoms with Crippen molar-refractivity contribution < 1.29 is 18.9 Å². The molecule has 1 amide bonds. The Morgan fingerprint density at radius 3 is 2.65 bits per heavy atom. The zero-order valence-electron chi connectivity index (χ0n) is 11.6. The number of hydrogen-bond donors (Lipinski definition) is 0. The van der Waals surface area contributed by atoms with E-state index in [0.29, 0.717) is 5.56 Å². The lowest BCUT2D eigenvalue weighted by Gasteiger charge is -2.21. The number of amides is 1. The smallest absolute Gasteiger partial charge is 0.438 e. The highest BCUT2D eigenvalue weighted by Gasteiger charge is 2.22. The van der Waals surface area contributed by atoms with Crippen molar-refractivity contribution in [1.82, 2.24) is 5.12 Å². The molecular weight excluding hydrogens is 267 g/mol. The zero-order chi connectivity index (χ0) is 15.3. The van der Waals surface area contributed by atoms with Gasteiger partial charge in [0.1, 0.15) is 5.60 Å². The lowest BCUT2D eigenvalue weighted by Crippen LogP contribution is -2.33. The highest BCUT2D eigenvalue weighted by Crippen LogP contribution is 2.15. The molecule has 0 bridgehead atoms. The monoisotopic (exact) mass is 284 g/mol. The first-order chi connectivity index (χ1) is 9.19. The number of rotatable bonds is 4. The summed E-state index contributed by atoms with van der Waals surface area (Å²) in [6, 6.07) is 5.85. The van der Waals surface area contributed by atoms with Gasteiger partial charge in [-0.15, -0.1) is 5.12 Å². The molecule has 0 heterocycles. The second-order valence-corrected chi connectivity index (χ2v) is 5.24. The van der Waals surface area contributed by atoms with Gasteiger partial charge in [-0.1, -0.05) is 16.6 Å². The molecule has 1 rings (SSSR count). The average Bonchev–Trinajstić information content (AvgIpc) is 2.34. The molecule has 7 heteroatoms. The van der Waals surface area contributed by atoms with Gasteiger partial charge >= 0.3 is 6.09 Å². The molecule has 0 aliphatic rings. The van der Waals surface area contributed by atoms with Crippen LogP contribution in [0.15, 0.2) is 24.3 Å². The third-order valence-corrected chi connectivity index (χ3v) is 2.31. The molecule has 0 aliphatic heterocycles. The second-order valence-electron chi connectivity index (χ2n) is 5.24. The Balaban J connectivity index is 2.56. The van der Waals surface area contributed by atoms with Crippen LogP contribution in [-0.4, -0.2) is 28.3 Å². The molecular formula is C13H17FN2O4. The molecule has 0 aliphatic carbocycles. The number of ether oxygens (including phenoxy) is 1. The van der Waals surface area contributed by atoms with Gasteiger partial charge < -0.3 is 4.74 Å². The van der Waals surface area contributed by atoms with E-state index in [4.69, 9.17) is 4.74 Å². The van der Waals surface area contributed by atoms with Crippen LogP contribution in [0.3, 0.4) is 0 Å². The fourth-order valence-corrected chi connectivity index (χ4v) is 1.46. The maximum absolute atomic E-state index is 13.5. The minimum absolute atomic E-state index is 0.0376. The topological polar surface area (TPSA) is 72.7 Å². The van der Waals surface area contributed by atoms with Crippen LogP contribution in [0.2, 0.25) is 0 Å². The Morgan fingerprint density at radius 2 is 2.10 bits per heavy atom. The van der Waals surface area contributed by atoms with Crippen LogP contribution >= 0.6 is 0 Å². The summed E-state index contributed by atoms with van der Waals surface area (Å²) in [6.07, 6.45) is -0.903. The van der Waals surface area contributed by atoms with E-state index in [0.717, 1.165) is 0 Å². The highest BCUT2D eigenvalue weighted by atomic mass is 19.2. The van der Waals surface area contributed by atoms with Crippen molar-refractivity contribution in [2.24, 2.45) is 0 Å². The average molecular weight is 284 g/mol. The van der Waals surface area contributed by atoms with Gasteiger partial charge in [-0.2, -0.15) is 0 Å². The largest absolute Gasteiger partial charge is 0.442 e. The molecule has 0 fully saturated rings. The number of carbonyl (C=O) groups is 1. The first kappa shape index (κ1) is 15.9. The van der Waals surface area contributed by atoms with Gasteiger partial charge in [-0.25, -0.2) is 4.79 Å². The van der Waals surface area contributed by atoms with E-state index >= 15 is 0 Å². The van der Waals surface area contributed by atoms with Crippen molar-refractivity contribution in [3.8, 4) is 0 Å². The van der Waals surface area contributed by atoms with E-state index in [1.54, 1.807) is 26.8 Å². The number of nitro groups is 1. The molecule has 0 aromatic heterocycles. The number of non-ortho nitro benzene ring substituents is 1. The molecule has 0 spiro atoms. The number of nitrogens with zero attached hydrogens (tertiary/aromatic N) is 2. The lowest BCUT2D eigenvalue weighted by molar-refractivity contribution is -0.384. The maximum Gasteiger partial charge on any atom is 0.438 e. The first-order valence-electron chi connectivity index (χ1n) is 6.08. The Hall–Kier alpha value is -2.18. The summed E-state index contributed by atoms with van der Waals surface area (Å²) in [5.74, 6) is 0. The number of hydrogen-bond acceptors (Lipinski definition) is 4. The molecule has 0 saturated carbocycles. The van der Waals surface area contributed by atoms with Crippen molar-refractivity contribution in [3.63, 3.8) is 0 Å². The van der Waals surface area contributed by atoms with Gasteiger partial charge in [0, 0.05) is 12.1 Å². The summed E-state index contributed by atoms with van der Waals surface area (Å²) in [6.45, 7) is 4.69. The number of benzene rings is 1. The normalized spacial score (nSPS) is 11.0. The van der Waals surface area contributed by atoms with Crippen LogP contribution in [0.5, 0.6) is 0 Å².